The van der Waals surface area contributed by atoms with Gasteiger partial charge < -0.3 is 4.98 Å². The second-order valence-electron chi connectivity index (χ2n) is 3.61. The highest BCUT2D eigenvalue weighted by atomic mass is 35.5. The number of halogens is 1. The lowest BCUT2D eigenvalue weighted by molar-refractivity contribution is 0.966. The first-order valence-corrected chi connectivity index (χ1v) is 5.45. The lowest BCUT2D eigenvalue weighted by Crippen LogP contribution is -2.15. The Morgan fingerprint density at radius 1 is 1.24 bits per heavy atom. The number of aromatic amines is 1. The maximum atomic E-state index is 11.9. The summed E-state index contributed by atoms with van der Waals surface area (Å²) in [6.45, 7) is 0. The minimum atomic E-state index is -0.221. The van der Waals surface area contributed by atoms with Crippen molar-refractivity contribution in [3.05, 3.63) is 58.1 Å². The number of imidazole rings is 1. The first-order chi connectivity index (χ1) is 8.25. The molecule has 0 amide bonds. The maximum Gasteiger partial charge on any atom is 0.332 e. The molecule has 0 radical (unpaired) electrons. The molecule has 3 rings (SSSR count). The molecule has 2 aromatic heterocycles. The zero-order chi connectivity index (χ0) is 11.8. The van der Waals surface area contributed by atoms with Gasteiger partial charge in [0, 0.05) is 11.2 Å². The molecule has 17 heavy (non-hydrogen) atoms. The van der Waals surface area contributed by atoms with E-state index in [2.05, 4.69) is 9.97 Å². The van der Waals surface area contributed by atoms with Crippen molar-refractivity contribution in [3.63, 3.8) is 0 Å². The van der Waals surface area contributed by atoms with Crippen LogP contribution < -0.4 is 5.69 Å². The van der Waals surface area contributed by atoms with Crippen LogP contribution >= 0.6 is 11.6 Å². The van der Waals surface area contributed by atoms with Crippen LogP contribution in [0.4, 0.5) is 0 Å². The molecule has 84 valence electrons. The first kappa shape index (κ1) is 10.1. The summed E-state index contributed by atoms with van der Waals surface area (Å²) in [5.74, 6) is 0.589. The van der Waals surface area contributed by atoms with Crippen molar-refractivity contribution in [1.29, 1.82) is 0 Å². The van der Waals surface area contributed by atoms with E-state index in [1.165, 1.54) is 4.57 Å². The number of rotatable bonds is 1. The second kappa shape index (κ2) is 3.75. The van der Waals surface area contributed by atoms with Gasteiger partial charge in [0.1, 0.15) is 5.82 Å². The minimum absolute atomic E-state index is 0.221. The lowest BCUT2D eigenvalue weighted by Gasteiger charge is -2.01. The number of fused-ring (bicyclic) bond motifs is 1. The van der Waals surface area contributed by atoms with Crippen LogP contribution in [0.3, 0.4) is 0 Å². The van der Waals surface area contributed by atoms with Crippen molar-refractivity contribution in [3.8, 4) is 5.82 Å². The van der Waals surface area contributed by atoms with E-state index in [0.29, 0.717) is 16.4 Å². The Balaban J connectivity index is 2.37. The van der Waals surface area contributed by atoms with Crippen LogP contribution in [0.5, 0.6) is 0 Å². The molecule has 0 aliphatic heterocycles. The Labute approximate surface area is 101 Å². The molecule has 2 heterocycles. The van der Waals surface area contributed by atoms with Crippen LogP contribution in [0.25, 0.3) is 16.9 Å². The van der Waals surface area contributed by atoms with E-state index in [-0.39, 0.29) is 5.69 Å². The van der Waals surface area contributed by atoms with Gasteiger partial charge in [0.05, 0.1) is 11.0 Å². The summed E-state index contributed by atoms with van der Waals surface area (Å²) in [5, 5.41) is 0.590. The third kappa shape index (κ3) is 1.62. The molecule has 0 unspecified atom stereocenters. The molecule has 0 aliphatic carbocycles. The number of aromatic nitrogens is 3. The molecule has 1 N–H and O–H groups in total. The lowest BCUT2D eigenvalue weighted by atomic mass is 10.3. The fourth-order valence-corrected chi connectivity index (χ4v) is 1.97. The van der Waals surface area contributed by atoms with Gasteiger partial charge in [0.2, 0.25) is 0 Å². The van der Waals surface area contributed by atoms with Crippen LogP contribution in [0.1, 0.15) is 0 Å². The zero-order valence-corrected chi connectivity index (χ0v) is 9.48. The molecule has 0 atom stereocenters. The highest BCUT2D eigenvalue weighted by Crippen LogP contribution is 2.18. The van der Waals surface area contributed by atoms with Crippen molar-refractivity contribution in [1.82, 2.24) is 14.5 Å². The highest BCUT2D eigenvalue weighted by Gasteiger charge is 2.09. The molecule has 0 fully saturated rings. The van der Waals surface area contributed by atoms with Crippen LogP contribution in [-0.4, -0.2) is 14.5 Å². The summed E-state index contributed by atoms with van der Waals surface area (Å²) < 4.78 is 1.52. The molecule has 3 aromatic rings. The van der Waals surface area contributed by atoms with Crippen LogP contribution in [-0.2, 0) is 0 Å². The summed E-state index contributed by atoms with van der Waals surface area (Å²) in [7, 11) is 0. The van der Waals surface area contributed by atoms with Gasteiger partial charge in [0.15, 0.2) is 0 Å². The van der Waals surface area contributed by atoms with Crippen molar-refractivity contribution in [2.24, 2.45) is 0 Å². The van der Waals surface area contributed by atoms with Crippen molar-refractivity contribution in [2.75, 3.05) is 0 Å². The molecule has 5 heteroatoms. The van der Waals surface area contributed by atoms with Crippen LogP contribution in [0.2, 0.25) is 5.02 Å². The third-order valence-electron chi connectivity index (χ3n) is 2.52. The van der Waals surface area contributed by atoms with Gasteiger partial charge in [0.25, 0.3) is 0 Å². The molecule has 0 spiro atoms. The summed E-state index contributed by atoms with van der Waals surface area (Å²) in [5.41, 5.74) is 1.24. The maximum absolute atomic E-state index is 11.9. The topological polar surface area (TPSA) is 50.7 Å². The van der Waals surface area contributed by atoms with Gasteiger partial charge in [-0.05, 0) is 30.3 Å². The number of hydrogen-bond donors (Lipinski definition) is 1. The van der Waals surface area contributed by atoms with E-state index < -0.39 is 0 Å². The Bertz CT molecular complexity index is 730. The molecule has 0 aliphatic rings. The van der Waals surface area contributed by atoms with E-state index in [9.17, 15) is 4.79 Å². The number of nitrogens with one attached hydrogen (secondary N) is 1. The predicted molar refractivity (Wildman–Crippen MR) is 66.7 cm³/mol. The van der Waals surface area contributed by atoms with E-state index in [0.717, 1.165) is 5.52 Å². The standard InChI is InChI=1S/C12H8ClN3O/c13-8-4-5-10-9(7-8)15-12(17)16(10)11-3-1-2-6-14-11/h1-7H,(H,15,17). The predicted octanol–water partition coefficient (Wildman–Crippen LogP) is 2.37. The average molecular weight is 246 g/mol. The highest BCUT2D eigenvalue weighted by molar-refractivity contribution is 6.31. The Hall–Kier alpha value is -2.07. The fourth-order valence-electron chi connectivity index (χ4n) is 1.80. The third-order valence-corrected chi connectivity index (χ3v) is 2.76. The summed E-state index contributed by atoms with van der Waals surface area (Å²) in [6, 6.07) is 10.7. The Morgan fingerprint density at radius 2 is 2.12 bits per heavy atom. The van der Waals surface area contributed by atoms with Gasteiger partial charge >= 0.3 is 5.69 Å². The van der Waals surface area contributed by atoms with Gasteiger partial charge in [-0.2, -0.15) is 0 Å². The SMILES string of the molecule is O=c1[nH]c2cc(Cl)ccc2n1-c1ccccn1. The summed E-state index contributed by atoms with van der Waals surface area (Å²) >= 11 is 5.88. The molecule has 0 saturated heterocycles. The number of nitrogens with zero attached hydrogens (tertiary/aromatic N) is 2. The number of benzene rings is 1. The number of H-pyrrole nitrogens is 1. The normalized spacial score (nSPS) is 10.9. The average Bonchev–Trinajstić information content (AvgIpc) is 2.65. The quantitative estimate of drug-likeness (QED) is 0.716. The first-order valence-electron chi connectivity index (χ1n) is 5.07. The smallest absolute Gasteiger partial charge is 0.305 e. The Kier molecular flexibility index (Phi) is 2.23. The monoisotopic (exact) mass is 245 g/mol. The van der Waals surface area contributed by atoms with E-state index >= 15 is 0 Å². The second-order valence-corrected chi connectivity index (χ2v) is 4.05. The fraction of sp³-hybridized carbons (Fsp3) is 0. The summed E-state index contributed by atoms with van der Waals surface area (Å²) in [4.78, 5) is 18.8. The van der Waals surface area contributed by atoms with Crippen molar-refractivity contribution < 1.29 is 0 Å². The number of pyridine rings is 1. The van der Waals surface area contributed by atoms with Gasteiger partial charge in [-0.15, -0.1) is 0 Å². The Morgan fingerprint density at radius 3 is 2.88 bits per heavy atom. The molecular weight excluding hydrogens is 238 g/mol. The van der Waals surface area contributed by atoms with Gasteiger partial charge in [-0.3, -0.25) is 0 Å². The van der Waals surface area contributed by atoms with Crippen molar-refractivity contribution >= 4 is 22.6 Å². The van der Waals surface area contributed by atoms with E-state index in [1.807, 2.05) is 6.07 Å². The molecule has 1 aromatic carbocycles. The molecule has 0 saturated carbocycles. The van der Waals surface area contributed by atoms with Crippen LogP contribution in [0.15, 0.2) is 47.4 Å². The van der Waals surface area contributed by atoms with Crippen LogP contribution in [0, 0.1) is 0 Å². The number of hydrogen-bond acceptors (Lipinski definition) is 2. The molecular formula is C12H8ClN3O. The van der Waals surface area contributed by atoms with E-state index in [4.69, 9.17) is 11.6 Å². The van der Waals surface area contributed by atoms with Gasteiger partial charge in [-0.1, -0.05) is 17.7 Å². The minimum Gasteiger partial charge on any atom is -0.305 e. The van der Waals surface area contributed by atoms with Crippen molar-refractivity contribution in [2.45, 2.75) is 0 Å². The largest absolute Gasteiger partial charge is 0.332 e. The summed E-state index contributed by atoms with van der Waals surface area (Å²) in [6.07, 6.45) is 1.65. The molecule has 0 bridgehead atoms. The van der Waals surface area contributed by atoms with Gasteiger partial charge in [-0.25, -0.2) is 14.3 Å². The molecule has 4 nitrogen and oxygen atoms in total. The van der Waals surface area contributed by atoms with E-state index in [1.54, 1.807) is 36.5 Å². The zero-order valence-electron chi connectivity index (χ0n) is 8.72.